The van der Waals surface area contributed by atoms with E-state index < -0.39 is 0 Å². The summed E-state index contributed by atoms with van der Waals surface area (Å²) >= 11 is 0. The maximum absolute atomic E-state index is 4.57. The van der Waals surface area contributed by atoms with Gasteiger partial charge in [0.2, 0.25) is 5.95 Å². The summed E-state index contributed by atoms with van der Waals surface area (Å²) in [5.74, 6) is 0.598. The van der Waals surface area contributed by atoms with E-state index in [-0.39, 0.29) is 0 Å². The maximum Gasteiger partial charge on any atom is 0.235 e. The molecule has 0 spiro atoms. The summed E-state index contributed by atoms with van der Waals surface area (Å²) in [6.07, 6.45) is 11.0. The van der Waals surface area contributed by atoms with Gasteiger partial charge >= 0.3 is 0 Å². The lowest BCUT2D eigenvalue weighted by atomic mass is 10.1. The fourth-order valence-electron chi connectivity index (χ4n) is 3.47. The summed E-state index contributed by atoms with van der Waals surface area (Å²) in [6, 6.07) is 31.2. The molecule has 5 nitrogen and oxygen atoms in total. The van der Waals surface area contributed by atoms with Crippen molar-refractivity contribution in [1.82, 2.24) is 19.5 Å². The van der Waals surface area contributed by atoms with E-state index in [1.54, 1.807) is 23.3 Å². The average Bonchev–Trinajstić information content (AvgIpc) is 3.41. The van der Waals surface area contributed by atoms with Gasteiger partial charge in [-0.05, 0) is 54.1 Å². The molecule has 0 N–H and O–H groups in total. The van der Waals surface area contributed by atoms with Crippen LogP contribution in [-0.4, -0.2) is 19.5 Å². The number of hydrogen-bond acceptors (Lipinski definition) is 4. The molecule has 5 rings (SSSR count). The highest BCUT2D eigenvalue weighted by Gasteiger charge is 2.11. The third-order valence-corrected chi connectivity index (χ3v) is 5.03. The van der Waals surface area contributed by atoms with Crippen molar-refractivity contribution in [3.05, 3.63) is 127 Å². The summed E-state index contributed by atoms with van der Waals surface area (Å²) in [5, 5.41) is 0. The molecule has 2 heterocycles. The molecule has 0 aliphatic carbocycles. The number of nitrogens with zero attached hydrogens (tertiary/aromatic N) is 5. The molecule has 0 saturated carbocycles. The minimum absolute atomic E-state index is 0.598. The Hall–Kier alpha value is -4.51. The number of benzene rings is 3. The Bertz CT molecular complexity index is 1260. The van der Waals surface area contributed by atoms with Gasteiger partial charge in [-0.1, -0.05) is 54.6 Å². The third kappa shape index (κ3) is 4.32. The van der Waals surface area contributed by atoms with Gasteiger partial charge in [0.25, 0.3) is 0 Å². The molecule has 0 atom stereocenters. The smallest absolute Gasteiger partial charge is 0.235 e. The molecule has 2 aromatic heterocycles. The highest BCUT2D eigenvalue weighted by Crippen LogP contribution is 2.34. The Morgan fingerprint density at radius 1 is 0.656 bits per heavy atom. The molecular formula is C27H21N5. The predicted molar refractivity (Wildman–Crippen MR) is 129 cm³/mol. The summed E-state index contributed by atoms with van der Waals surface area (Å²) in [6.45, 7) is 0. The first-order valence-corrected chi connectivity index (χ1v) is 10.4. The highest BCUT2D eigenvalue weighted by molar-refractivity contribution is 5.77. The van der Waals surface area contributed by atoms with Crippen LogP contribution >= 0.6 is 0 Å². The van der Waals surface area contributed by atoms with Gasteiger partial charge < -0.3 is 4.90 Å². The zero-order chi connectivity index (χ0) is 21.6. The van der Waals surface area contributed by atoms with Crippen LogP contribution in [0.3, 0.4) is 0 Å². The number of anilines is 3. The van der Waals surface area contributed by atoms with E-state index in [1.807, 2.05) is 30.5 Å². The SMILES string of the molecule is C(=C\c1ccnc(-n2ccnc2)n1)/c1ccc(N(c2ccccc2)c2ccccc2)cc1. The van der Waals surface area contributed by atoms with Crippen LogP contribution in [0.2, 0.25) is 0 Å². The molecule has 154 valence electrons. The molecule has 0 amide bonds. The van der Waals surface area contributed by atoms with Crippen LogP contribution in [0.15, 0.2) is 116 Å². The summed E-state index contributed by atoms with van der Waals surface area (Å²) in [4.78, 5) is 15.2. The Kier molecular flexibility index (Phi) is 5.53. The molecule has 0 aliphatic rings. The minimum Gasteiger partial charge on any atom is -0.311 e. The predicted octanol–water partition coefficient (Wildman–Crippen LogP) is 6.30. The molecule has 3 aromatic carbocycles. The van der Waals surface area contributed by atoms with E-state index >= 15 is 0 Å². The third-order valence-electron chi connectivity index (χ3n) is 5.03. The van der Waals surface area contributed by atoms with Crippen molar-refractivity contribution in [2.75, 3.05) is 4.90 Å². The second-order valence-corrected chi connectivity index (χ2v) is 7.18. The molecule has 0 bridgehead atoms. The quantitative estimate of drug-likeness (QED) is 0.326. The molecule has 0 fully saturated rings. The van der Waals surface area contributed by atoms with Crippen molar-refractivity contribution in [3.8, 4) is 5.95 Å². The fourth-order valence-corrected chi connectivity index (χ4v) is 3.47. The van der Waals surface area contributed by atoms with E-state index in [0.29, 0.717) is 5.95 Å². The maximum atomic E-state index is 4.57. The zero-order valence-corrected chi connectivity index (χ0v) is 17.4. The van der Waals surface area contributed by atoms with Gasteiger partial charge in [0.05, 0.1) is 5.69 Å². The first-order chi connectivity index (χ1) is 15.9. The number of rotatable bonds is 6. The molecule has 0 unspecified atom stereocenters. The van der Waals surface area contributed by atoms with Gasteiger partial charge in [-0.25, -0.2) is 15.0 Å². The number of para-hydroxylation sites is 2. The van der Waals surface area contributed by atoms with E-state index in [1.165, 1.54) is 0 Å². The number of imidazole rings is 1. The highest BCUT2D eigenvalue weighted by atomic mass is 15.2. The largest absolute Gasteiger partial charge is 0.311 e. The first-order valence-electron chi connectivity index (χ1n) is 10.4. The van der Waals surface area contributed by atoms with Crippen LogP contribution in [0.4, 0.5) is 17.1 Å². The summed E-state index contributed by atoms with van der Waals surface area (Å²) < 4.78 is 1.79. The molecule has 5 aromatic rings. The second kappa shape index (κ2) is 9.10. The van der Waals surface area contributed by atoms with E-state index in [4.69, 9.17) is 0 Å². The second-order valence-electron chi connectivity index (χ2n) is 7.18. The van der Waals surface area contributed by atoms with Gasteiger partial charge in [0, 0.05) is 35.7 Å². The molecule has 32 heavy (non-hydrogen) atoms. The van der Waals surface area contributed by atoms with Crippen molar-refractivity contribution >= 4 is 29.2 Å². The molecular weight excluding hydrogens is 394 g/mol. The van der Waals surface area contributed by atoms with Gasteiger partial charge in [-0.3, -0.25) is 4.57 Å². The van der Waals surface area contributed by atoms with Crippen LogP contribution < -0.4 is 4.90 Å². The van der Waals surface area contributed by atoms with Crippen LogP contribution in [0.1, 0.15) is 11.3 Å². The summed E-state index contributed by atoms with van der Waals surface area (Å²) in [7, 11) is 0. The topological polar surface area (TPSA) is 46.8 Å². The minimum atomic E-state index is 0.598. The first kappa shape index (κ1) is 19.5. The summed E-state index contributed by atoms with van der Waals surface area (Å²) in [5.41, 5.74) is 5.27. The van der Waals surface area contributed by atoms with E-state index in [2.05, 4.69) is 98.7 Å². The average molecular weight is 416 g/mol. The Balaban J connectivity index is 1.40. The van der Waals surface area contributed by atoms with E-state index in [0.717, 1.165) is 28.3 Å². The van der Waals surface area contributed by atoms with Crippen molar-refractivity contribution in [3.63, 3.8) is 0 Å². The van der Waals surface area contributed by atoms with Crippen LogP contribution in [0.5, 0.6) is 0 Å². The normalized spacial score (nSPS) is 11.0. The Morgan fingerprint density at radius 2 is 1.31 bits per heavy atom. The number of aromatic nitrogens is 4. The molecule has 5 heteroatoms. The van der Waals surface area contributed by atoms with Gasteiger partial charge in [-0.2, -0.15) is 0 Å². The standard InChI is InChI=1S/C27H21N5/c1-3-7-24(8-4-1)32(25-9-5-2-6-10-25)26-15-12-22(13-16-26)11-14-23-17-18-29-27(30-23)31-20-19-28-21-31/h1-21H/b14-11+. The Morgan fingerprint density at radius 3 is 1.94 bits per heavy atom. The molecule has 0 radical (unpaired) electrons. The molecule has 0 saturated heterocycles. The zero-order valence-electron chi connectivity index (χ0n) is 17.4. The van der Waals surface area contributed by atoms with Crippen molar-refractivity contribution in [1.29, 1.82) is 0 Å². The fraction of sp³-hybridized carbons (Fsp3) is 0. The van der Waals surface area contributed by atoms with Crippen LogP contribution in [0, 0.1) is 0 Å². The van der Waals surface area contributed by atoms with Crippen molar-refractivity contribution in [2.24, 2.45) is 0 Å². The number of hydrogen-bond donors (Lipinski definition) is 0. The molecule has 0 aliphatic heterocycles. The lowest BCUT2D eigenvalue weighted by Crippen LogP contribution is -2.09. The van der Waals surface area contributed by atoms with Crippen LogP contribution in [-0.2, 0) is 0 Å². The monoisotopic (exact) mass is 415 g/mol. The van der Waals surface area contributed by atoms with Gasteiger partial charge in [-0.15, -0.1) is 0 Å². The lowest BCUT2D eigenvalue weighted by molar-refractivity contribution is 0.921. The van der Waals surface area contributed by atoms with Gasteiger partial charge in [0.15, 0.2) is 0 Å². The van der Waals surface area contributed by atoms with Crippen molar-refractivity contribution in [2.45, 2.75) is 0 Å². The van der Waals surface area contributed by atoms with E-state index in [9.17, 15) is 0 Å². The van der Waals surface area contributed by atoms with Gasteiger partial charge in [0.1, 0.15) is 6.33 Å². The van der Waals surface area contributed by atoms with Crippen molar-refractivity contribution < 1.29 is 0 Å². The lowest BCUT2D eigenvalue weighted by Gasteiger charge is -2.25. The Labute approximate surface area is 187 Å². The van der Waals surface area contributed by atoms with Crippen LogP contribution in [0.25, 0.3) is 18.1 Å².